The summed E-state index contributed by atoms with van der Waals surface area (Å²) in [7, 11) is 1.29. The Hall–Kier alpha value is -2.55. The monoisotopic (exact) mass is 308 g/mol. The zero-order valence-electron chi connectivity index (χ0n) is 11.1. The van der Waals surface area contributed by atoms with Gasteiger partial charge in [-0.05, 0) is 6.07 Å². The van der Waals surface area contributed by atoms with Gasteiger partial charge in [0, 0.05) is 17.8 Å². The molecule has 8 nitrogen and oxygen atoms in total. The van der Waals surface area contributed by atoms with E-state index in [0.29, 0.717) is 10.8 Å². The van der Waals surface area contributed by atoms with Crippen LogP contribution in [0.25, 0.3) is 0 Å². The zero-order chi connectivity index (χ0) is 15.2. The minimum absolute atomic E-state index is 0.0466. The van der Waals surface area contributed by atoms with E-state index in [1.807, 2.05) is 0 Å². The van der Waals surface area contributed by atoms with Crippen molar-refractivity contribution in [2.24, 2.45) is 0 Å². The van der Waals surface area contributed by atoms with Crippen LogP contribution in [0.1, 0.15) is 5.69 Å². The van der Waals surface area contributed by atoms with E-state index in [-0.39, 0.29) is 13.0 Å². The first-order valence-electron chi connectivity index (χ1n) is 5.91. The predicted octanol–water partition coefficient (Wildman–Crippen LogP) is 0.0540. The van der Waals surface area contributed by atoms with E-state index in [1.54, 1.807) is 11.4 Å². The summed E-state index contributed by atoms with van der Waals surface area (Å²) < 4.78 is 5.71. The molecule has 0 aliphatic heterocycles. The topological polar surface area (TPSA) is 103 Å². The third-order valence-corrected chi connectivity index (χ3v) is 3.25. The molecule has 2 aromatic rings. The van der Waals surface area contributed by atoms with Gasteiger partial charge in [0.05, 0.1) is 19.2 Å². The number of thiazole rings is 1. The highest BCUT2D eigenvalue weighted by Crippen LogP contribution is 2.15. The molecule has 110 valence electrons. The van der Waals surface area contributed by atoms with Crippen LogP contribution in [-0.2, 0) is 27.3 Å². The first-order chi connectivity index (χ1) is 10.1. The van der Waals surface area contributed by atoms with Crippen molar-refractivity contribution >= 4 is 28.3 Å². The number of hydrogen-bond acceptors (Lipinski definition) is 7. The molecule has 0 aromatic carbocycles. The number of ether oxygens (including phenoxy) is 1. The molecule has 2 rings (SSSR count). The number of hydrogen-bond donors (Lipinski definition) is 1. The summed E-state index contributed by atoms with van der Waals surface area (Å²) in [6, 6.07) is 1.56. The third-order valence-electron chi connectivity index (χ3n) is 2.45. The number of esters is 1. The summed E-state index contributed by atoms with van der Waals surface area (Å²) in [5, 5.41) is 4.57. The van der Waals surface area contributed by atoms with Crippen LogP contribution in [0.4, 0.5) is 5.13 Å². The summed E-state index contributed by atoms with van der Waals surface area (Å²) >= 11 is 1.19. The molecule has 0 saturated heterocycles. The van der Waals surface area contributed by atoms with Crippen molar-refractivity contribution in [1.29, 1.82) is 0 Å². The van der Waals surface area contributed by atoms with Gasteiger partial charge in [-0.15, -0.1) is 11.3 Å². The van der Waals surface area contributed by atoms with Gasteiger partial charge in [0.15, 0.2) is 5.13 Å². The van der Waals surface area contributed by atoms with Crippen LogP contribution in [0, 0.1) is 0 Å². The average molecular weight is 308 g/mol. The molecule has 1 amide bonds. The van der Waals surface area contributed by atoms with Gasteiger partial charge in [0.1, 0.15) is 6.54 Å². The normalized spacial score (nSPS) is 10.1. The minimum Gasteiger partial charge on any atom is -0.469 e. The lowest BCUT2D eigenvalue weighted by atomic mass is 10.3. The SMILES string of the molecule is COC(=O)Cc1csc(NC(=O)Cn2cccnc2=O)n1. The second-order valence-corrected chi connectivity index (χ2v) is 4.83. The smallest absolute Gasteiger partial charge is 0.347 e. The first kappa shape index (κ1) is 14.9. The highest BCUT2D eigenvalue weighted by atomic mass is 32.1. The Morgan fingerprint density at radius 2 is 2.29 bits per heavy atom. The fourth-order valence-corrected chi connectivity index (χ4v) is 2.21. The van der Waals surface area contributed by atoms with Crippen LogP contribution in [-0.4, -0.2) is 33.5 Å². The highest BCUT2D eigenvalue weighted by molar-refractivity contribution is 7.13. The van der Waals surface area contributed by atoms with Gasteiger partial charge in [0.25, 0.3) is 0 Å². The number of aromatic nitrogens is 3. The number of anilines is 1. The van der Waals surface area contributed by atoms with Gasteiger partial charge in [-0.25, -0.2) is 14.8 Å². The van der Waals surface area contributed by atoms with Crippen molar-refractivity contribution < 1.29 is 14.3 Å². The Morgan fingerprint density at radius 1 is 1.48 bits per heavy atom. The number of nitrogens with zero attached hydrogens (tertiary/aromatic N) is 3. The molecule has 0 bridgehead atoms. The standard InChI is InChI=1S/C12H12N4O4S/c1-20-10(18)5-8-7-21-11(14-8)15-9(17)6-16-4-2-3-13-12(16)19/h2-4,7H,5-6H2,1H3,(H,14,15,17). The summed E-state index contributed by atoms with van der Waals surface area (Å²) in [5.41, 5.74) is 0.0128. The fourth-order valence-electron chi connectivity index (χ4n) is 1.49. The van der Waals surface area contributed by atoms with Crippen molar-refractivity contribution in [2.45, 2.75) is 13.0 Å². The molecule has 0 spiro atoms. The molecule has 1 N–H and O–H groups in total. The van der Waals surface area contributed by atoms with E-state index >= 15 is 0 Å². The third kappa shape index (κ3) is 4.21. The van der Waals surface area contributed by atoms with E-state index in [9.17, 15) is 14.4 Å². The molecular weight excluding hydrogens is 296 g/mol. The minimum atomic E-state index is -0.502. The molecule has 0 fully saturated rings. The lowest BCUT2D eigenvalue weighted by molar-refractivity contribution is -0.139. The van der Waals surface area contributed by atoms with Gasteiger partial charge in [-0.2, -0.15) is 0 Å². The Morgan fingerprint density at radius 3 is 3.00 bits per heavy atom. The van der Waals surface area contributed by atoms with Gasteiger partial charge in [-0.3, -0.25) is 14.2 Å². The van der Waals surface area contributed by atoms with Crippen molar-refractivity contribution in [3.63, 3.8) is 0 Å². The summed E-state index contributed by atoms with van der Waals surface area (Å²) in [4.78, 5) is 41.9. The zero-order valence-corrected chi connectivity index (χ0v) is 11.9. The molecule has 21 heavy (non-hydrogen) atoms. The molecule has 2 heterocycles. The maximum Gasteiger partial charge on any atom is 0.347 e. The van der Waals surface area contributed by atoms with Crippen LogP contribution in [0.15, 0.2) is 28.6 Å². The Labute approximate surface area is 123 Å². The number of carbonyl (C=O) groups is 2. The highest BCUT2D eigenvalue weighted by Gasteiger charge is 2.10. The Balaban J connectivity index is 1.96. The molecule has 0 aliphatic carbocycles. The Bertz CT molecular complexity index is 709. The van der Waals surface area contributed by atoms with Crippen molar-refractivity contribution in [3.05, 3.63) is 40.0 Å². The molecule has 0 radical (unpaired) electrons. The van der Waals surface area contributed by atoms with Crippen LogP contribution in [0.5, 0.6) is 0 Å². The van der Waals surface area contributed by atoms with Crippen molar-refractivity contribution in [3.8, 4) is 0 Å². The average Bonchev–Trinajstić information content (AvgIpc) is 2.88. The van der Waals surface area contributed by atoms with Gasteiger partial charge in [-0.1, -0.05) is 0 Å². The van der Waals surface area contributed by atoms with Crippen LogP contribution in [0.2, 0.25) is 0 Å². The molecule has 9 heteroatoms. The second-order valence-electron chi connectivity index (χ2n) is 3.98. The maximum absolute atomic E-state index is 11.8. The van der Waals surface area contributed by atoms with Gasteiger partial charge in [0.2, 0.25) is 5.91 Å². The molecule has 0 saturated carbocycles. The maximum atomic E-state index is 11.8. The number of nitrogens with one attached hydrogen (secondary N) is 1. The van der Waals surface area contributed by atoms with Crippen LogP contribution in [0.3, 0.4) is 0 Å². The van der Waals surface area contributed by atoms with E-state index in [4.69, 9.17) is 0 Å². The number of methoxy groups -OCH3 is 1. The summed E-state index contributed by atoms with van der Waals surface area (Å²) in [5.74, 6) is -0.802. The number of carbonyl (C=O) groups excluding carboxylic acids is 2. The van der Waals surface area contributed by atoms with Gasteiger partial charge < -0.3 is 10.1 Å². The van der Waals surface area contributed by atoms with Crippen molar-refractivity contribution in [1.82, 2.24) is 14.5 Å². The van der Waals surface area contributed by atoms with Gasteiger partial charge >= 0.3 is 11.7 Å². The molecule has 2 aromatic heterocycles. The Kier molecular flexibility index (Phi) is 4.77. The number of amides is 1. The first-order valence-corrected chi connectivity index (χ1v) is 6.79. The summed E-state index contributed by atoms with van der Waals surface area (Å²) in [6.45, 7) is -0.154. The van der Waals surface area contributed by atoms with E-state index in [1.165, 1.54) is 35.4 Å². The number of rotatable bonds is 5. The molecular formula is C12H12N4O4S. The predicted molar refractivity (Wildman–Crippen MR) is 75.0 cm³/mol. The van der Waals surface area contributed by atoms with Crippen molar-refractivity contribution in [2.75, 3.05) is 12.4 Å². The summed E-state index contributed by atoms with van der Waals surface area (Å²) in [6.07, 6.45) is 2.88. The quantitative estimate of drug-likeness (QED) is 0.783. The second kappa shape index (κ2) is 6.75. The van der Waals surface area contributed by atoms with E-state index < -0.39 is 17.6 Å². The lowest BCUT2D eigenvalue weighted by Crippen LogP contribution is -2.28. The van der Waals surface area contributed by atoms with Crippen LogP contribution >= 0.6 is 11.3 Å². The lowest BCUT2D eigenvalue weighted by Gasteiger charge is -2.03. The molecule has 0 unspecified atom stereocenters. The van der Waals surface area contributed by atoms with E-state index in [0.717, 1.165) is 0 Å². The fraction of sp³-hybridized carbons (Fsp3) is 0.250. The molecule has 0 aliphatic rings. The molecule has 0 atom stereocenters. The van der Waals surface area contributed by atoms with Crippen LogP contribution < -0.4 is 11.0 Å². The largest absolute Gasteiger partial charge is 0.469 e. The van der Waals surface area contributed by atoms with E-state index in [2.05, 4.69) is 20.0 Å².